The van der Waals surface area contributed by atoms with Crippen molar-refractivity contribution in [1.82, 2.24) is 5.32 Å². The minimum absolute atomic E-state index is 0.249. The SMILES string of the molecule is CCCCCCCCCCCCCCCCCCCCCCC/C=C/CC/C=C/CCCC(O)C(O)C(COC1OC(CO)C(O)C(O)C1O)NC(=O)C(O)CCCCCCCCCCCCCC. The van der Waals surface area contributed by atoms with Crippen LogP contribution >= 0.6 is 0 Å². The highest BCUT2D eigenvalue weighted by Crippen LogP contribution is 2.23. The standard InChI is InChI=1S/C58H111NO10/c1-3-5-7-9-11-13-15-17-18-19-20-21-22-23-24-25-26-27-28-29-30-31-32-33-34-36-37-39-41-43-45-50(61)53(63)49(48-68-58-56(66)55(65)54(64)52(47-60)69-58)59-57(67)51(62)46-44-42-40-38-35-16-14-12-10-8-6-4-2/h32-33,37,39,49-56,58,60-66H,3-31,34-36,38,40-48H2,1-2H3,(H,59,67)/b33-32+,39-37+. The van der Waals surface area contributed by atoms with Crippen molar-refractivity contribution < 1.29 is 50.0 Å². The number of nitrogens with one attached hydrogen (secondary N) is 1. The Hall–Kier alpha value is -1.41. The van der Waals surface area contributed by atoms with Gasteiger partial charge >= 0.3 is 0 Å². The molecule has 69 heavy (non-hydrogen) atoms. The molecule has 0 aromatic heterocycles. The first-order chi connectivity index (χ1) is 33.7. The van der Waals surface area contributed by atoms with Crippen molar-refractivity contribution in [2.24, 2.45) is 0 Å². The largest absolute Gasteiger partial charge is 0.394 e. The Balaban J connectivity index is 2.26. The molecule has 0 saturated carbocycles. The van der Waals surface area contributed by atoms with Gasteiger partial charge in [0.15, 0.2) is 6.29 Å². The van der Waals surface area contributed by atoms with Crippen molar-refractivity contribution in [1.29, 1.82) is 0 Å². The van der Waals surface area contributed by atoms with Crippen LogP contribution in [-0.4, -0.2) is 110 Å². The summed E-state index contributed by atoms with van der Waals surface area (Å²) >= 11 is 0. The molecule has 1 saturated heterocycles. The van der Waals surface area contributed by atoms with Crippen molar-refractivity contribution >= 4 is 5.91 Å². The van der Waals surface area contributed by atoms with E-state index in [9.17, 15) is 40.5 Å². The molecule has 0 bridgehead atoms. The maximum absolute atomic E-state index is 13.1. The van der Waals surface area contributed by atoms with Gasteiger partial charge in [-0.05, 0) is 51.4 Å². The quantitative estimate of drug-likeness (QED) is 0.0215. The predicted octanol–water partition coefficient (Wildman–Crippen LogP) is 12.1. The summed E-state index contributed by atoms with van der Waals surface area (Å²) in [6, 6.07) is -1.19. The van der Waals surface area contributed by atoms with Gasteiger partial charge in [-0.15, -0.1) is 0 Å². The van der Waals surface area contributed by atoms with Gasteiger partial charge in [-0.1, -0.05) is 244 Å². The number of carbonyl (C=O) groups is 1. The molecule has 1 rings (SSSR count). The Labute approximate surface area is 423 Å². The molecule has 1 amide bonds. The lowest BCUT2D eigenvalue weighted by Crippen LogP contribution is -2.60. The van der Waals surface area contributed by atoms with Crippen molar-refractivity contribution in [2.75, 3.05) is 13.2 Å². The number of aliphatic hydroxyl groups excluding tert-OH is 7. The average molecular weight is 983 g/mol. The van der Waals surface area contributed by atoms with Crippen molar-refractivity contribution in [3.63, 3.8) is 0 Å². The average Bonchev–Trinajstić information content (AvgIpc) is 3.35. The highest BCUT2D eigenvalue weighted by atomic mass is 16.7. The fourth-order valence-corrected chi connectivity index (χ4v) is 9.46. The zero-order chi connectivity index (χ0) is 50.4. The summed E-state index contributed by atoms with van der Waals surface area (Å²) in [4.78, 5) is 13.1. The first-order valence-corrected chi connectivity index (χ1v) is 29.2. The summed E-state index contributed by atoms with van der Waals surface area (Å²) in [7, 11) is 0. The maximum atomic E-state index is 13.1. The summed E-state index contributed by atoms with van der Waals surface area (Å²) in [5.41, 5.74) is 0. The smallest absolute Gasteiger partial charge is 0.249 e. The number of hydrogen-bond acceptors (Lipinski definition) is 10. The van der Waals surface area contributed by atoms with E-state index in [1.807, 2.05) is 0 Å². The fourth-order valence-electron chi connectivity index (χ4n) is 9.46. The summed E-state index contributed by atoms with van der Waals surface area (Å²) in [5, 5.41) is 75.9. The highest BCUT2D eigenvalue weighted by Gasteiger charge is 2.44. The van der Waals surface area contributed by atoms with Crippen LogP contribution < -0.4 is 5.32 Å². The van der Waals surface area contributed by atoms with Gasteiger partial charge in [0.25, 0.3) is 0 Å². The van der Waals surface area contributed by atoms with E-state index in [0.29, 0.717) is 19.3 Å². The number of carbonyl (C=O) groups excluding carboxylic acids is 1. The molecule has 1 heterocycles. The van der Waals surface area contributed by atoms with Crippen molar-refractivity contribution in [3.8, 4) is 0 Å². The lowest BCUT2D eigenvalue weighted by Gasteiger charge is -2.40. The van der Waals surface area contributed by atoms with Gasteiger partial charge in [-0.3, -0.25) is 4.79 Å². The Morgan fingerprint density at radius 3 is 1.29 bits per heavy atom. The van der Waals surface area contributed by atoms with Crippen LogP contribution in [0.5, 0.6) is 0 Å². The van der Waals surface area contributed by atoms with Gasteiger partial charge < -0.3 is 50.5 Å². The number of unbranched alkanes of at least 4 members (excludes halogenated alkanes) is 34. The normalized spacial score (nSPS) is 20.5. The molecule has 8 N–H and O–H groups in total. The number of aliphatic hydroxyl groups is 7. The Kier molecular flexibility index (Phi) is 45.2. The molecule has 408 valence electrons. The Bertz CT molecular complexity index is 1170. The third-order valence-corrected chi connectivity index (χ3v) is 14.2. The molecule has 0 aliphatic carbocycles. The van der Waals surface area contributed by atoms with Crippen LogP contribution in [0.25, 0.3) is 0 Å². The van der Waals surface area contributed by atoms with Gasteiger partial charge in [-0.2, -0.15) is 0 Å². The molecular formula is C58H111NO10. The molecule has 1 aliphatic rings. The summed E-state index contributed by atoms with van der Waals surface area (Å²) in [6.07, 6.45) is 45.5. The molecule has 9 atom stereocenters. The molecule has 1 fully saturated rings. The molecule has 9 unspecified atom stereocenters. The van der Waals surface area contributed by atoms with Crippen LogP contribution in [0.15, 0.2) is 24.3 Å². The van der Waals surface area contributed by atoms with E-state index in [0.717, 1.165) is 38.5 Å². The minimum Gasteiger partial charge on any atom is -0.394 e. The van der Waals surface area contributed by atoms with Crippen molar-refractivity contribution in [3.05, 3.63) is 24.3 Å². The number of rotatable bonds is 50. The van der Waals surface area contributed by atoms with E-state index < -0.39 is 74.2 Å². The van der Waals surface area contributed by atoms with E-state index in [-0.39, 0.29) is 12.8 Å². The molecule has 1 aliphatic heterocycles. The summed E-state index contributed by atoms with van der Waals surface area (Å²) < 4.78 is 11.1. The number of amides is 1. The molecule has 11 heteroatoms. The zero-order valence-corrected chi connectivity index (χ0v) is 44.6. The van der Waals surface area contributed by atoms with E-state index in [1.54, 1.807) is 0 Å². The van der Waals surface area contributed by atoms with Crippen LogP contribution in [0.1, 0.15) is 271 Å². The third kappa shape index (κ3) is 36.2. The second-order valence-corrected chi connectivity index (χ2v) is 20.7. The van der Waals surface area contributed by atoms with Gasteiger partial charge in [0.2, 0.25) is 5.91 Å². The Morgan fingerprint density at radius 1 is 0.493 bits per heavy atom. The second kappa shape index (κ2) is 47.6. The maximum Gasteiger partial charge on any atom is 0.249 e. The first kappa shape index (κ1) is 65.6. The lowest BCUT2D eigenvalue weighted by atomic mass is 9.98. The van der Waals surface area contributed by atoms with E-state index in [1.165, 1.54) is 186 Å². The topological polar surface area (TPSA) is 189 Å². The van der Waals surface area contributed by atoms with Crippen LogP contribution in [0.3, 0.4) is 0 Å². The second-order valence-electron chi connectivity index (χ2n) is 20.7. The molecule has 0 aromatic carbocycles. The predicted molar refractivity (Wildman–Crippen MR) is 284 cm³/mol. The van der Waals surface area contributed by atoms with E-state index >= 15 is 0 Å². The minimum atomic E-state index is -1.67. The van der Waals surface area contributed by atoms with Gasteiger partial charge in [0.1, 0.15) is 36.6 Å². The number of allylic oxidation sites excluding steroid dienone is 4. The van der Waals surface area contributed by atoms with Crippen LogP contribution in [0, 0.1) is 0 Å². The monoisotopic (exact) mass is 982 g/mol. The van der Waals surface area contributed by atoms with Gasteiger partial charge in [-0.25, -0.2) is 0 Å². The molecule has 0 spiro atoms. The van der Waals surface area contributed by atoms with Crippen LogP contribution in [-0.2, 0) is 14.3 Å². The summed E-state index contributed by atoms with van der Waals surface area (Å²) in [6.45, 7) is 3.44. The molecular weight excluding hydrogens is 871 g/mol. The van der Waals surface area contributed by atoms with Gasteiger partial charge in [0.05, 0.1) is 25.4 Å². The van der Waals surface area contributed by atoms with E-state index in [4.69, 9.17) is 9.47 Å². The summed E-state index contributed by atoms with van der Waals surface area (Å²) in [5.74, 6) is -0.709. The zero-order valence-electron chi connectivity index (χ0n) is 44.6. The highest BCUT2D eigenvalue weighted by molar-refractivity contribution is 5.80. The molecule has 0 radical (unpaired) electrons. The van der Waals surface area contributed by atoms with Crippen LogP contribution in [0.2, 0.25) is 0 Å². The number of ether oxygens (including phenoxy) is 2. The first-order valence-electron chi connectivity index (χ1n) is 29.2. The van der Waals surface area contributed by atoms with Crippen LogP contribution in [0.4, 0.5) is 0 Å². The molecule has 0 aromatic rings. The van der Waals surface area contributed by atoms with Gasteiger partial charge in [0, 0.05) is 0 Å². The fraction of sp³-hybridized carbons (Fsp3) is 0.914. The third-order valence-electron chi connectivity index (χ3n) is 14.2. The molecule has 11 nitrogen and oxygen atoms in total. The Morgan fingerprint density at radius 2 is 0.870 bits per heavy atom. The lowest BCUT2D eigenvalue weighted by molar-refractivity contribution is -0.303. The van der Waals surface area contributed by atoms with Crippen molar-refractivity contribution in [2.45, 2.75) is 326 Å². The van der Waals surface area contributed by atoms with E-state index in [2.05, 4.69) is 43.5 Å². The number of hydrogen-bond donors (Lipinski definition) is 8.